The summed E-state index contributed by atoms with van der Waals surface area (Å²) >= 11 is 9.58. The Kier molecular flexibility index (Phi) is 5.49. The van der Waals surface area contributed by atoms with Gasteiger partial charge in [-0.15, -0.1) is 11.6 Å². The van der Waals surface area contributed by atoms with E-state index in [0.717, 1.165) is 15.8 Å². The maximum atomic E-state index is 11.5. The van der Waals surface area contributed by atoms with Gasteiger partial charge in [0.25, 0.3) is 0 Å². The highest BCUT2D eigenvalue weighted by Gasteiger charge is 2.25. The lowest BCUT2D eigenvalue weighted by molar-refractivity contribution is 0.338. The van der Waals surface area contributed by atoms with Gasteiger partial charge in [0.2, 0.25) is 0 Å². The van der Waals surface area contributed by atoms with Crippen LogP contribution in [0.25, 0.3) is 0 Å². The summed E-state index contributed by atoms with van der Waals surface area (Å²) < 4.78 is 29.1. The van der Waals surface area contributed by atoms with Gasteiger partial charge in [-0.2, -0.15) is 0 Å². The van der Waals surface area contributed by atoms with E-state index in [0.29, 0.717) is 6.61 Å². The van der Waals surface area contributed by atoms with Crippen molar-refractivity contribution in [2.75, 3.05) is 12.9 Å². The number of sulfone groups is 1. The van der Waals surface area contributed by atoms with Crippen LogP contribution in [0.3, 0.4) is 0 Å². The monoisotopic (exact) mass is 354 g/mol. The average molecular weight is 356 g/mol. The van der Waals surface area contributed by atoms with Crippen molar-refractivity contribution >= 4 is 37.4 Å². The largest absolute Gasteiger partial charge is 0.493 e. The lowest BCUT2D eigenvalue weighted by Crippen LogP contribution is -2.21. The fourth-order valence-corrected chi connectivity index (χ4v) is 3.25. The van der Waals surface area contributed by atoms with Crippen LogP contribution >= 0.6 is 27.5 Å². The molecular formula is C12H16BrClO3S. The van der Waals surface area contributed by atoms with Gasteiger partial charge in [-0.1, -0.05) is 6.07 Å². The van der Waals surface area contributed by atoms with Crippen molar-refractivity contribution in [2.45, 2.75) is 24.5 Å². The highest BCUT2D eigenvalue weighted by atomic mass is 79.9. The van der Waals surface area contributed by atoms with Crippen molar-refractivity contribution < 1.29 is 13.2 Å². The van der Waals surface area contributed by atoms with Gasteiger partial charge < -0.3 is 4.74 Å². The summed E-state index contributed by atoms with van der Waals surface area (Å²) in [6, 6.07) is 5.37. The molecule has 2 unspecified atom stereocenters. The van der Waals surface area contributed by atoms with E-state index in [1.165, 1.54) is 6.26 Å². The average Bonchev–Trinajstić information content (AvgIpc) is 2.29. The van der Waals surface area contributed by atoms with E-state index < -0.39 is 20.5 Å². The molecule has 0 saturated heterocycles. The van der Waals surface area contributed by atoms with Crippen molar-refractivity contribution in [2.24, 2.45) is 0 Å². The zero-order valence-electron chi connectivity index (χ0n) is 10.5. The fourth-order valence-electron chi connectivity index (χ4n) is 1.45. The molecule has 0 fully saturated rings. The Labute approximate surface area is 122 Å². The quantitative estimate of drug-likeness (QED) is 0.759. The summed E-state index contributed by atoms with van der Waals surface area (Å²) in [6.45, 7) is 4.08. The molecule has 0 aliphatic carbocycles. The minimum Gasteiger partial charge on any atom is -0.493 e. The molecule has 0 aliphatic heterocycles. The summed E-state index contributed by atoms with van der Waals surface area (Å²) in [5.41, 5.74) is 0.755. The summed E-state index contributed by atoms with van der Waals surface area (Å²) in [4.78, 5) is 0. The van der Waals surface area contributed by atoms with Crippen molar-refractivity contribution in [3.05, 3.63) is 28.2 Å². The van der Waals surface area contributed by atoms with Crippen LogP contribution in [0, 0.1) is 0 Å². The Morgan fingerprint density at radius 1 is 1.44 bits per heavy atom. The second-order valence-corrected chi connectivity index (χ2v) is 7.79. The number of hydrogen-bond acceptors (Lipinski definition) is 3. The maximum Gasteiger partial charge on any atom is 0.151 e. The molecule has 18 heavy (non-hydrogen) atoms. The molecule has 0 saturated carbocycles. The van der Waals surface area contributed by atoms with E-state index in [1.807, 2.05) is 6.92 Å². The highest BCUT2D eigenvalue weighted by molar-refractivity contribution is 9.10. The molecule has 0 bridgehead atoms. The molecular weight excluding hydrogens is 340 g/mol. The van der Waals surface area contributed by atoms with Crippen LogP contribution in [-0.2, 0) is 9.84 Å². The lowest BCUT2D eigenvalue weighted by atomic mass is 10.1. The second kappa shape index (κ2) is 6.26. The first kappa shape index (κ1) is 15.8. The standard InChI is InChI=1S/C12H16BrClO3S/c1-4-17-11-6-5-9(7-10(11)13)12(14)8(2)18(3,15)16/h5-8,12H,4H2,1-3H3. The van der Waals surface area contributed by atoms with Gasteiger partial charge >= 0.3 is 0 Å². The first-order valence-corrected chi connectivity index (χ1v) is 8.71. The zero-order chi connectivity index (χ0) is 13.9. The minimum absolute atomic E-state index is 0.571. The van der Waals surface area contributed by atoms with Crippen LogP contribution < -0.4 is 4.74 Å². The van der Waals surface area contributed by atoms with Gasteiger partial charge in [0.15, 0.2) is 9.84 Å². The molecule has 1 aromatic rings. The topological polar surface area (TPSA) is 43.4 Å². The minimum atomic E-state index is -3.16. The van der Waals surface area contributed by atoms with E-state index in [1.54, 1.807) is 25.1 Å². The smallest absolute Gasteiger partial charge is 0.151 e. The maximum absolute atomic E-state index is 11.5. The predicted octanol–water partition coefficient (Wildman–Crippen LogP) is 3.56. The van der Waals surface area contributed by atoms with Gasteiger partial charge in [-0.25, -0.2) is 8.42 Å². The number of ether oxygens (including phenoxy) is 1. The molecule has 3 nitrogen and oxygen atoms in total. The van der Waals surface area contributed by atoms with Gasteiger partial charge in [0.05, 0.1) is 21.7 Å². The fraction of sp³-hybridized carbons (Fsp3) is 0.500. The van der Waals surface area contributed by atoms with E-state index >= 15 is 0 Å². The Morgan fingerprint density at radius 3 is 2.50 bits per heavy atom. The van der Waals surface area contributed by atoms with Gasteiger partial charge in [-0.05, 0) is 47.5 Å². The van der Waals surface area contributed by atoms with Crippen molar-refractivity contribution in [1.82, 2.24) is 0 Å². The van der Waals surface area contributed by atoms with Crippen LogP contribution in [0.15, 0.2) is 22.7 Å². The molecule has 0 amide bonds. The molecule has 0 aromatic heterocycles. The molecule has 102 valence electrons. The third-order valence-corrected chi connectivity index (χ3v) is 5.68. The first-order valence-electron chi connectivity index (χ1n) is 5.52. The number of alkyl halides is 1. The lowest BCUT2D eigenvalue weighted by Gasteiger charge is -2.17. The van der Waals surface area contributed by atoms with Crippen molar-refractivity contribution in [3.8, 4) is 5.75 Å². The Bertz CT molecular complexity index is 516. The summed E-state index contributed by atoms with van der Waals surface area (Å²) in [6.07, 6.45) is 1.19. The molecule has 2 atom stereocenters. The van der Waals surface area contributed by atoms with Gasteiger partial charge in [0, 0.05) is 6.26 Å². The molecule has 1 rings (SSSR count). The second-order valence-electron chi connectivity index (χ2n) is 4.06. The summed E-state index contributed by atoms with van der Waals surface area (Å²) in [5.74, 6) is 0.720. The number of benzene rings is 1. The number of halogens is 2. The van der Waals surface area contributed by atoms with Crippen LogP contribution in [0.5, 0.6) is 5.75 Å². The Balaban J connectivity index is 3.01. The molecule has 1 aromatic carbocycles. The van der Waals surface area contributed by atoms with Crippen molar-refractivity contribution in [1.29, 1.82) is 0 Å². The van der Waals surface area contributed by atoms with E-state index in [9.17, 15) is 8.42 Å². The van der Waals surface area contributed by atoms with Gasteiger partial charge in [-0.3, -0.25) is 0 Å². The summed E-state index contributed by atoms with van der Waals surface area (Å²) in [7, 11) is -3.16. The molecule has 0 aliphatic rings. The predicted molar refractivity (Wildman–Crippen MR) is 78.2 cm³/mol. The molecule has 0 heterocycles. The normalized spacial score (nSPS) is 15.2. The number of rotatable bonds is 5. The highest BCUT2D eigenvalue weighted by Crippen LogP contribution is 2.33. The third-order valence-electron chi connectivity index (χ3n) is 2.66. The SMILES string of the molecule is CCOc1ccc(C(Cl)C(C)S(C)(=O)=O)cc1Br. The first-order chi connectivity index (χ1) is 8.27. The summed E-state index contributed by atoms with van der Waals surface area (Å²) in [5, 5.41) is -1.21. The van der Waals surface area contributed by atoms with Crippen molar-refractivity contribution in [3.63, 3.8) is 0 Å². The van der Waals surface area contributed by atoms with Crippen LogP contribution in [-0.4, -0.2) is 26.5 Å². The van der Waals surface area contributed by atoms with E-state index in [-0.39, 0.29) is 0 Å². The third kappa shape index (κ3) is 3.87. The molecule has 0 radical (unpaired) electrons. The molecule has 6 heteroatoms. The van der Waals surface area contributed by atoms with Crippen LogP contribution in [0.2, 0.25) is 0 Å². The van der Waals surface area contributed by atoms with E-state index in [4.69, 9.17) is 16.3 Å². The number of hydrogen-bond donors (Lipinski definition) is 0. The van der Waals surface area contributed by atoms with Gasteiger partial charge in [0.1, 0.15) is 5.75 Å². The zero-order valence-corrected chi connectivity index (χ0v) is 13.6. The Hall–Kier alpha value is -0.260. The van der Waals surface area contributed by atoms with E-state index in [2.05, 4.69) is 15.9 Å². The van der Waals surface area contributed by atoms with Crippen LogP contribution in [0.1, 0.15) is 24.8 Å². The molecule has 0 spiro atoms. The Morgan fingerprint density at radius 2 is 2.06 bits per heavy atom. The molecule has 0 N–H and O–H groups in total. The van der Waals surface area contributed by atoms with Crippen LogP contribution in [0.4, 0.5) is 0 Å².